The van der Waals surface area contributed by atoms with Crippen LogP contribution < -0.4 is 9.64 Å². The molecule has 1 aliphatic heterocycles. The van der Waals surface area contributed by atoms with Crippen molar-refractivity contribution in [3.8, 4) is 16.3 Å². The standard InChI is InChI=1S/C21H20ClN3O2S/c1-27-18-8-6-17(7-9-18)24-10-12-25(13-11-24)21(26)19-14-28-20(23-19)15-2-4-16(22)5-3-15/h2-9,14H,10-13H2,1H3. The summed E-state index contributed by atoms with van der Waals surface area (Å²) in [5, 5.41) is 3.35. The van der Waals surface area contributed by atoms with E-state index in [1.165, 1.54) is 11.3 Å². The Bertz CT molecular complexity index is 949. The van der Waals surface area contributed by atoms with Crippen molar-refractivity contribution in [3.05, 3.63) is 64.6 Å². The average Bonchev–Trinajstić information content (AvgIpc) is 3.24. The van der Waals surface area contributed by atoms with Crippen LogP contribution in [0.25, 0.3) is 10.6 Å². The predicted octanol–water partition coefficient (Wildman–Crippen LogP) is 4.43. The highest BCUT2D eigenvalue weighted by atomic mass is 35.5. The van der Waals surface area contributed by atoms with Crippen LogP contribution in [0.1, 0.15) is 10.5 Å². The molecule has 5 nitrogen and oxygen atoms in total. The van der Waals surface area contributed by atoms with Gasteiger partial charge in [-0.05, 0) is 36.4 Å². The molecule has 1 aromatic heterocycles. The maximum atomic E-state index is 12.8. The van der Waals surface area contributed by atoms with Gasteiger partial charge in [0, 0.05) is 47.8 Å². The lowest BCUT2D eigenvalue weighted by Crippen LogP contribution is -2.48. The number of ether oxygens (including phenoxy) is 1. The van der Waals surface area contributed by atoms with Gasteiger partial charge in [0.1, 0.15) is 16.5 Å². The van der Waals surface area contributed by atoms with Gasteiger partial charge in [-0.1, -0.05) is 23.7 Å². The van der Waals surface area contributed by atoms with E-state index in [1.54, 1.807) is 7.11 Å². The average molecular weight is 414 g/mol. The summed E-state index contributed by atoms with van der Waals surface area (Å²) in [4.78, 5) is 21.5. The van der Waals surface area contributed by atoms with Crippen molar-refractivity contribution in [1.29, 1.82) is 0 Å². The molecule has 0 radical (unpaired) electrons. The highest BCUT2D eigenvalue weighted by Gasteiger charge is 2.24. The van der Waals surface area contributed by atoms with Crippen LogP contribution in [0.4, 0.5) is 5.69 Å². The highest BCUT2D eigenvalue weighted by Crippen LogP contribution is 2.26. The van der Waals surface area contributed by atoms with E-state index in [0.29, 0.717) is 23.8 Å². The number of halogens is 1. The number of carbonyl (C=O) groups is 1. The zero-order valence-corrected chi connectivity index (χ0v) is 17.0. The molecule has 0 atom stereocenters. The van der Waals surface area contributed by atoms with Crippen molar-refractivity contribution in [2.45, 2.75) is 0 Å². The maximum absolute atomic E-state index is 12.8. The van der Waals surface area contributed by atoms with Crippen LogP contribution >= 0.6 is 22.9 Å². The Hall–Kier alpha value is -2.57. The molecule has 0 spiro atoms. The van der Waals surface area contributed by atoms with E-state index in [9.17, 15) is 4.79 Å². The molecule has 2 aromatic carbocycles. The molecule has 3 aromatic rings. The Labute approximate surface area is 173 Å². The fraction of sp³-hybridized carbons (Fsp3) is 0.238. The molecular weight excluding hydrogens is 394 g/mol. The number of rotatable bonds is 4. The lowest BCUT2D eigenvalue weighted by molar-refractivity contribution is 0.0742. The lowest BCUT2D eigenvalue weighted by atomic mass is 10.2. The minimum Gasteiger partial charge on any atom is -0.497 e. The van der Waals surface area contributed by atoms with Crippen molar-refractivity contribution in [2.24, 2.45) is 0 Å². The zero-order valence-electron chi connectivity index (χ0n) is 15.5. The first-order valence-corrected chi connectivity index (χ1v) is 10.3. The van der Waals surface area contributed by atoms with E-state index in [0.717, 1.165) is 35.1 Å². The minimum absolute atomic E-state index is 0.00848. The molecule has 1 fully saturated rings. The molecule has 0 unspecified atom stereocenters. The molecule has 1 saturated heterocycles. The monoisotopic (exact) mass is 413 g/mol. The van der Waals surface area contributed by atoms with E-state index in [2.05, 4.69) is 22.0 Å². The molecule has 28 heavy (non-hydrogen) atoms. The summed E-state index contributed by atoms with van der Waals surface area (Å²) in [6.07, 6.45) is 0. The maximum Gasteiger partial charge on any atom is 0.273 e. The molecule has 0 aliphatic carbocycles. The Morgan fingerprint density at radius 3 is 2.36 bits per heavy atom. The van der Waals surface area contributed by atoms with Crippen LogP contribution in [-0.2, 0) is 0 Å². The molecule has 1 aliphatic rings. The van der Waals surface area contributed by atoms with Gasteiger partial charge in [-0.2, -0.15) is 0 Å². The first kappa shape index (κ1) is 18.8. The first-order valence-electron chi connectivity index (χ1n) is 9.04. The van der Waals surface area contributed by atoms with E-state index in [1.807, 2.05) is 46.7 Å². The molecule has 0 N–H and O–H groups in total. The number of anilines is 1. The third-order valence-corrected chi connectivity index (χ3v) is 5.96. The number of thiazole rings is 1. The van der Waals surface area contributed by atoms with E-state index in [-0.39, 0.29) is 5.91 Å². The van der Waals surface area contributed by atoms with Gasteiger partial charge in [0.2, 0.25) is 0 Å². The molecule has 2 heterocycles. The number of methoxy groups -OCH3 is 1. The summed E-state index contributed by atoms with van der Waals surface area (Å²) < 4.78 is 5.21. The largest absolute Gasteiger partial charge is 0.497 e. The van der Waals surface area contributed by atoms with E-state index in [4.69, 9.17) is 16.3 Å². The van der Waals surface area contributed by atoms with Gasteiger partial charge in [0.25, 0.3) is 5.91 Å². The van der Waals surface area contributed by atoms with Crippen LogP contribution in [-0.4, -0.2) is 49.1 Å². The smallest absolute Gasteiger partial charge is 0.273 e. The van der Waals surface area contributed by atoms with Crippen molar-refractivity contribution in [2.75, 3.05) is 38.2 Å². The van der Waals surface area contributed by atoms with Gasteiger partial charge < -0.3 is 14.5 Å². The van der Waals surface area contributed by atoms with Gasteiger partial charge in [-0.25, -0.2) is 4.98 Å². The Morgan fingerprint density at radius 2 is 1.71 bits per heavy atom. The number of carbonyl (C=O) groups excluding carboxylic acids is 1. The van der Waals surface area contributed by atoms with Gasteiger partial charge in [-0.3, -0.25) is 4.79 Å². The number of hydrogen-bond acceptors (Lipinski definition) is 5. The predicted molar refractivity (Wildman–Crippen MR) is 114 cm³/mol. The van der Waals surface area contributed by atoms with Gasteiger partial charge in [0.05, 0.1) is 7.11 Å². The van der Waals surface area contributed by atoms with Crippen LogP contribution in [0.5, 0.6) is 5.75 Å². The summed E-state index contributed by atoms with van der Waals surface area (Å²) in [5.74, 6) is 0.837. The zero-order chi connectivity index (χ0) is 19.5. The second-order valence-corrected chi connectivity index (χ2v) is 7.82. The topological polar surface area (TPSA) is 45.7 Å². The molecule has 7 heteroatoms. The van der Waals surface area contributed by atoms with Crippen LogP contribution in [0.3, 0.4) is 0 Å². The highest BCUT2D eigenvalue weighted by molar-refractivity contribution is 7.13. The van der Waals surface area contributed by atoms with Gasteiger partial charge >= 0.3 is 0 Å². The molecular formula is C21H20ClN3O2S. The Kier molecular flexibility index (Phi) is 5.50. The van der Waals surface area contributed by atoms with Crippen LogP contribution in [0.2, 0.25) is 5.02 Å². The molecule has 0 saturated carbocycles. The molecule has 0 bridgehead atoms. The fourth-order valence-electron chi connectivity index (χ4n) is 3.22. The molecule has 144 valence electrons. The lowest BCUT2D eigenvalue weighted by Gasteiger charge is -2.35. The van der Waals surface area contributed by atoms with Gasteiger partial charge in [-0.15, -0.1) is 11.3 Å². The second kappa shape index (κ2) is 8.20. The Morgan fingerprint density at radius 1 is 1.04 bits per heavy atom. The fourth-order valence-corrected chi connectivity index (χ4v) is 4.15. The van der Waals surface area contributed by atoms with E-state index < -0.39 is 0 Å². The summed E-state index contributed by atoms with van der Waals surface area (Å²) in [5.41, 5.74) is 2.62. The van der Waals surface area contributed by atoms with Crippen molar-refractivity contribution in [3.63, 3.8) is 0 Å². The number of aromatic nitrogens is 1. The molecule has 1 amide bonds. The normalized spacial score (nSPS) is 14.2. The number of nitrogens with zero attached hydrogens (tertiary/aromatic N) is 3. The number of benzene rings is 2. The third-order valence-electron chi connectivity index (χ3n) is 4.82. The minimum atomic E-state index is -0.00848. The third kappa shape index (κ3) is 3.98. The number of amides is 1. The second-order valence-electron chi connectivity index (χ2n) is 6.52. The van der Waals surface area contributed by atoms with Gasteiger partial charge in [0.15, 0.2) is 0 Å². The van der Waals surface area contributed by atoms with Crippen molar-refractivity contribution in [1.82, 2.24) is 9.88 Å². The van der Waals surface area contributed by atoms with Crippen LogP contribution in [0, 0.1) is 0 Å². The summed E-state index contributed by atoms with van der Waals surface area (Å²) in [7, 11) is 1.66. The van der Waals surface area contributed by atoms with Crippen molar-refractivity contribution >= 4 is 34.5 Å². The first-order chi connectivity index (χ1) is 13.6. The molecule has 4 rings (SSSR count). The van der Waals surface area contributed by atoms with E-state index >= 15 is 0 Å². The Balaban J connectivity index is 1.39. The summed E-state index contributed by atoms with van der Waals surface area (Å²) in [6.45, 7) is 2.95. The quantitative estimate of drug-likeness (QED) is 0.634. The summed E-state index contributed by atoms with van der Waals surface area (Å²) >= 11 is 7.42. The summed E-state index contributed by atoms with van der Waals surface area (Å²) in [6, 6.07) is 15.5. The van der Waals surface area contributed by atoms with Crippen molar-refractivity contribution < 1.29 is 9.53 Å². The number of hydrogen-bond donors (Lipinski definition) is 0. The van der Waals surface area contributed by atoms with Crippen LogP contribution in [0.15, 0.2) is 53.9 Å². The SMILES string of the molecule is COc1ccc(N2CCN(C(=O)c3csc(-c4ccc(Cl)cc4)n3)CC2)cc1. The number of piperazine rings is 1.